The standard InChI is InChI=1S/C11H23FN2O5/c1-9(10(12)8-13)19-7-6-18-5-4-17-3-2-14-11(15)16/h9-10,14H,2-8,13H2,1H3,(H,15,16). The Morgan fingerprint density at radius 3 is 2.42 bits per heavy atom. The van der Waals surface area contributed by atoms with Crippen molar-refractivity contribution >= 4 is 6.09 Å². The number of rotatable bonds is 12. The Labute approximate surface area is 112 Å². The van der Waals surface area contributed by atoms with Crippen LogP contribution in [0.25, 0.3) is 0 Å². The van der Waals surface area contributed by atoms with E-state index in [1.165, 1.54) is 0 Å². The molecule has 0 fully saturated rings. The molecule has 1 amide bonds. The summed E-state index contributed by atoms with van der Waals surface area (Å²) >= 11 is 0. The quantitative estimate of drug-likeness (QED) is 0.435. The van der Waals surface area contributed by atoms with Gasteiger partial charge in [-0.3, -0.25) is 0 Å². The first-order valence-electron chi connectivity index (χ1n) is 6.16. The summed E-state index contributed by atoms with van der Waals surface area (Å²) in [4.78, 5) is 10.1. The van der Waals surface area contributed by atoms with Gasteiger partial charge < -0.3 is 30.4 Å². The summed E-state index contributed by atoms with van der Waals surface area (Å²) in [6.45, 7) is 3.49. The largest absolute Gasteiger partial charge is 0.465 e. The molecule has 2 unspecified atom stereocenters. The molecular weight excluding hydrogens is 259 g/mol. The van der Waals surface area contributed by atoms with Gasteiger partial charge in [0, 0.05) is 13.1 Å². The van der Waals surface area contributed by atoms with Gasteiger partial charge in [-0.05, 0) is 6.92 Å². The van der Waals surface area contributed by atoms with Crippen LogP contribution in [0.1, 0.15) is 6.92 Å². The van der Waals surface area contributed by atoms with E-state index in [1.807, 2.05) is 0 Å². The highest BCUT2D eigenvalue weighted by Gasteiger charge is 2.14. The molecule has 7 nitrogen and oxygen atoms in total. The average molecular weight is 282 g/mol. The Hall–Kier alpha value is -0.960. The number of nitrogens with two attached hydrogens (primary N) is 1. The minimum atomic E-state index is -1.16. The molecule has 0 heterocycles. The number of hydrogen-bond donors (Lipinski definition) is 3. The van der Waals surface area contributed by atoms with Crippen molar-refractivity contribution in [2.75, 3.05) is 46.1 Å². The third-order valence-electron chi connectivity index (χ3n) is 2.24. The van der Waals surface area contributed by atoms with Crippen LogP contribution in [-0.4, -0.2) is 69.6 Å². The fourth-order valence-corrected chi connectivity index (χ4v) is 1.14. The lowest BCUT2D eigenvalue weighted by Crippen LogP contribution is -2.30. The summed E-state index contributed by atoms with van der Waals surface area (Å²) < 4.78 is 28.4. The van der Waals surface area contributed by atoms with Crippen LogP contribution in [0.4, 0.5) is 9.18 Å². The number of halogens is 1. The fourth-order valence-electron chi connectivity index (χ4n) is 1.14. The molecule has 19 heavy (non-hydrogen) atoms. The average Bonchev–Trinajstić information content (AvgIpc) is 2.39. The topological polar surface area (TPSA) is 103 Å². The third-order valence-corrected chi connectivity index (χ3v) is 2.24. The van der Waals surface area contributed by atoms with Crippen molar-refractivity contribution in [3.63, 3.8) is 0 Å². The van der Waals surface area contributed by atoms with Crippen molar-refractivity contribution in [1.29, 1.82) is 0 Å². The van der Waals surface area contributed by atoms with Crippen LogP contribution >= 0.6 is 0 Å². The maximum absolute atomic E-state index is 13.0. The van der Waals surface area contributed by atoms with Crippen molar-refractivity contribution in [1.82, 2.24) is 5.32 Å². The Morgan fingerprint density at radius 1 is 1.26 bits per heavy atom. The van der Waals surface area contributed by atoms with Gasteiger partial charge in [0.05, 0.1) is 39.1 Å². The van der Waals surface area contributed by atoms with Crippen molar-refractivity contribution < 1.29 is 28.5 Å². The van der Waals surface area contributed by atoms with E-state index >= 15 is 0 Å². The van der Waals surface area contributed by atoms with E-state index in [9.17, 15) is 9.18 Å². The number of nitrogens with one attached hydrogen (secondary N) is 1. The van der Waals surface area contributed by atoms with Crippen LogP contribution in [0, 0.1) is 0 Å². The van der Waals surface area contributed by atoms with E-state index in [4.69, 9.17) is 25.1 Å². The molecule has 0 aliphatic heterocycles. The highest BCUT2D eigenvalue weighted by Crippen LogP contribution is 2.01. The molecule has 0 aliphatic carbocycles. The van der Waals surface area contributed by atoms with Crippen LogP contribution < -0.4 is 11.1 Å². The van der Waals surface area contributed by atoms with Gasteiger partial charge in [0.2, 0.25) is 0 Å². The Bertz CT molecular complexity index is 233. The van der Waals surface area contributed by atoms with E-state index in [-0.39, 0.29) is 13.1 Å². The molecular formula is C11H23FN2O5. The van der Waals surface area contributed by atoms with Crippen LogP contribution in [0.15, 0.2) is 0 Å². The van der Waals surface area contributed by atoms with E-state index in [1.54, 1.807) is 6.92 Å². The molecule has 0 aromatic carbocycles. The second-order valence-corrected chi connectivity index (χ2v) is 3.78. The zero-order valence-corrected chi connectivity index (χ0v) is 11.1. The van der Waals surface area contributed by atoms with Gasteiger partial charge in [0.25, 0.3) is 0 Å². The molecule has 2 atom stereocenters. The minimum Gasteiger partial charge on any atom is -0.465 e. The van der Waals surface area contributed by atoms with E-state index in [2.05, 4.69) is 5.32 Å². The number of hydrogen-bond acceptors (Lipinski definition) is 5. The SMILES string of the molecule is CC(OCCOCCOCCNC(=O)O)C(F)CN. The highest BCUT2D eigenvalue weighted by molar-refractivity contribution is 5.64. The summed E-state index contributed by atoms with van der Waals surface area (Å²) in [7, 11) is 0. The van der Waals surface area contributed by atoms with Crippen molar-refractivity contribution in [3.05, 3.63) is 0 Å². The molecule has 114 valence electrons. The molecule has 0 rings (SSSR count). The number of carboxylic acid groups (broad SMARTS) is 1. The summed E-state index contributed by atoms with van der Waals surface area (Å²) in [5, 5.41) is 10.4. The lowest BCUT2D eigenvalue weighted by molar-refractivity contribution is -0.0285. The normalized spacial score (nSPS) is 14.1. The molecule has 0 radical (unpaired) electrons. The molecule has 0 spiro atoms. The van der Waals surface area contributed by atoms with Crippen LogP contribution in [0.2, 0.25) is 0 Å². The van der Waals surface area contributed by atoms with Crippen LogP contribution in [-0.2, 0) is 14.2 Å². The Kier molecular flexibility index (Phi) is 11.5. The number of carbonyl (C=O) groups is 1. The predicted molar refractivity (Wildman–Crippen MR) is 67.0 cm³/mol. The molecule has 0 saturated carbocycles. The van der Waals surface area contributed by atoms with Crippen LogP contribution in [0.5, 0.6) is 0 Å². The fraction of sp³-hybridized carbons (Fsp3) is 0.909. The van der Waals surface area contributed by atoms with Gasteiger partial charge >= 0.3 is 6.09 Å². The molecule has 0 bridgehead atoms. The third kappa shape index (κ3) is 11.8. The van der Waals surface area contributed by atoms with Gasteiger partial charge in [-0.25, -0.2) is 9.18 Å². The molecule has 8 heteroatoms. The summed E-state index contributed by atoms with van der Waals surface area (Å²) in [6, 6.07) is 0. The van der Waals surface area contributed by atoms with Gasteiger partial charge in [-0.15, -0.1) is 0 Å². The van der Waals surface area contributed by atoms with E-state index in [0.29, 0.717) is 33.0 Å². The lowest BCUT2D eigenvalue weighted by atomic mass is 10.2. The number of amides is 1. The molecule has 0 aromatic rings. The van der Waals surface area contributed by atoms with Crippen molar-refractivity contribution in [2.45, 2.75) is 19.2 Å². The first-order valence-corrected chi connectivity index (χ1v) is 6.16. The second-order valence-electron chi connectivity index (χ2n) is 3.78. The second kappa shape index (κ2) is 12.1. The monoisotopic (exact) mass is 282 g/mol. The van der Waals surface area contributed by atoms with Gasteiger partial charge in [0.1, 0.15) is 6.17 Å². The zero-order valence-electron chi connectivity index (χ0n) is 11.1. The number of alkyl halides is 1. The highest BCUT2D eigenvalue weighted by atomic mass is 19.1. The zero-order chi connectivity index (χ0) is 14.5. The Morgan fingerprint density at radius 2 is 1.84 bits per heavy atom. The molecule has 0 aromatic heterocycles. The van der Waals surface area contributed by atoms with Crippen molar-refractivity contribution in [3.8, 4) is 0 Å². The maximum Gasteiger partial charge on any atom is 0.404 e. The van der Waals surface area contributed by atoms with Gasteiger partial charge in [-0.2, -0.15) is 0 Å². The van der Waals surface area contributed by atoms with E-state index < -0.39 is 18.4 Å². The predicted octanol–water partition coefficient (Wildman–Crippen LogP) is -0.0109. The minimum absolute atomic E-state index is 0.0553. The van der Waals surface area contributed by atoms with E-state index in [0.717, 1.165) is 0 Å². The van der Waals surface area contributed by atoms with Gasteiger partial charge in [0.15, 0.2) is 0 Å². The smallest absolute Gasteiger partial charge is 0.404 e. The Balaban J connectivity index is 3.17. The molecule has 0 saturated heterocycles. The lowest BCUT2D eigenvalue weighted by Gasteiger charge is -2.15. The summed E-state index contributed by atoms with van der Waals surface area (Å²) in [6.07, 6.45) is -2.77. The maximum atomic E-state index is 13.0. The van der Waals surface area contributed by atoms with Crippen molar-refractivity contribution in [2.24, 2.45) is 5.73 Å². The first-order chi connectivity index (χ1) is 9.07. The van der Waals surface area contributed by atoms with Crippen LogP contribution in [0.3, 0.4) is 0 Å². The summed E-state index contributed by atoms with van der Waals surface area (Å²) in [5.41, 5.74) is 5.16. The van der Waals surface area contributed by atoms with Gasteiger partial charge in [-0.1, -0.05) is 0 Å². The number of ether oxygens (including phenoxy) is 3. The summed E-state index contributed by atoms with van der Waals surface area (Å²) in [5.74, 6) is 0. The molecule has 0 aliphatic rings. The first kappa shape index (κ1) is 18.0. The molecule has 4 N–H and O–H groups in total.